The van der Waals surface area contributed by atoms with Gasteiger partial charge >= 0.3 is 0 Å². The second kappa shape index (κ2) is 3.24. The van der Waals surface area contributed by atoms with Crippen LogP contribution in [-0.2, 0) is 0 Å². The SMILES string of the molecule is N#CC(C#N)C1C2CC3CC(C2)CC1C3. The van der Waals surface area contributed by atoms with Crippen molar-refractivity contribution in [1.29, 1.82) is 10.5 Å². The normalized spacial score (nSPS) is 46.5. The molecule has 4 bridgehead atoms. The third kappa shape index (κ3) is 1.28. The van der Waals surface area contributed by atoms with E-state index in [2.05, 4.69) is 12.1 Å². The van der Waals surface area contributed by atoms with E-state index >= 15 is 0 Å². The first kappa shape index (κ1) is 9.22. The molecule has 0 amide bonds. The van der Waals surface area contributed by atoms with Crippen LogP contribution in [0.3, 0.4) is 0 Å². The fourth-order valence-electron chi connectivity index (χ4n) is 4.71. The van der Waals surface area contributed by atoms with Crippen molar-refractivity contribution in [3.05, 3.63) is 0 Å². The molecule has 0 saturated heterocycles. The van der Waals surface area contributed by atoms with E-state index in [0.717, 1.165) is 11.8 Å². The molecule has 0 heterocycles. The highest BCUT2D eigenvalue weighted by Gasteiger charge is 2.50. The van der Waals surface area contributed by atoms with E-state index in [1.54, 1.807) is 0 Å². The predicted molar refractivity (Wildman–Crippen MR) is 55.3 cm³/mol. The van der Waals surface area contributed by atoms with Gasteiger partial charge in [0.15, 0.2) is 0 Å². The van der Waals surface area contributed by atoms with Crippen LogP contribution in [0.2, 0.25) is 0 Å². The lowest BCUT2D eigenvalue weighted by Gasteiger charge is -2.54. The number of rotatable bonds is 1. The molecule has 0 aromatic rings. The van der Waals surface area contributed by atoms with Crippen LogP contribution < -0.4 is 0 Å². The third-order valence-electron chi connectivity index (χ3n) is 4.96. The summed E-state index contributed by atoms with van der Waals surface area (Å²) in [5, 5.41) is 18.1. The van der Waals surface area contributed by atoms with Crippen molar-refractivity contribution >= 4 is 0 Å². The second-order valence-corrected chi connectivity index (χ2v) is 5.74. The van der Waals surface area contributed by atoms with Crippen LogP contribution in [0, 0.1) is 58.2 Å². The molecule has 4 aliphatic carbocycles. The number of nitriles is 2. The molecule has 0 unspecified atom stereocenters. The maximum absolute atomic E-state index is 9.04. The highest BCUT2D eigenvalue weighted by atomic mass is 14.6. The fourth-order valence-corrected chi connectivity index (χ4v) is 4.71. The summed E-state index contributed by atoms with van der Waals surface area (Å²) in [6.07, 6.45) is 6.65. The third-order valence-corrected chi connectivity index (χ3v) is 4.96. The Hall–Kier alpha value is -1.02. The average molecular weight is 200 g/mol. The van der Waals surface area contributed by atoms with E-state index < -0.39 is 0 Å². The molecule has 15 heavy (non-hydrogen) atoms. The van der Waals surface area contributed by atoms with Gasteiger partial charge in [-0.25, -0.2) is 0 Å². The minimum absolute atomic E-state index is 0.333. The van der Waals surface area contributed by atoms with Crippen LogP contribution in [-0.4, -0.2) is 0 Å². The Kier molecular flexibility index (Phi) is 1.99. The molecule has 0 spiro atoms. The van der Waals surface area contributed by atoms with Gasteiger partial charge < -0.3 is 0 Å². The van der Waals surface area contributed by atoms with Crippen molar-refractivity contribution in [2.24, 2.45) is 35.5 Å². The summed E-state index contributed by atoms with van der Waals surface area (Å²) in [6.45, 7) is 0. The monoisotopic (exact) mass is 200 g/mol. The minimum Gasteiger partial charge on any atom is -0.197 e. The quantitative estimate of drug-likeness (QED) is 0.653. The maximum atomic E-state index is 9.04. The van der Waals surface area contributed by atoms with Gasteiger partial charge in [0.1, 0.15) is 5.92 Å². The lowest BCUT2D eigenvalue weighted by molar-refractivity contribution is -0.0445. The summed E-state index contributed by atoms with van der Waals surface area (Å²) in [6, 6.07) is 4.44. The Morgan fingerprint density at radius 1 is 0.800 bits per heavy atom. The summed E-state index contributed by atoms with van der Waals surface area (Å²) >= 11 is 0. The molecule has 0 atom stereocenters. The molecule has 0 N–H and O–H groups in total. The molecule has 2 nitrogen and oxygen atoms in total. The second-order valence-electron chi connectivity index (χ2n) is 5.74. The first-order valence-corrected chi connectivity index (χ1v) is 6.11. The van der Waals surface area contributed by atoms with E-state index in [1.807, 2.05) is 0 Å². The summed E-state index contributed by atoms with van der Waals surface area (Å²) in [4.78, 5) is 0. The molecular formula is C13H16N2. The van der Waals surface area contributed by atoms with Gasteiger partial charge in [-0.2, -0.15) is 10.5 Å². The number of nitrogens with zero attached hydrogens (tertiary/aromatic N) is 2. The van der Waals surface area contributed by atoms with Gasteiger partial charge in [0.25, 0.3) is 0 Å². The highest BCUT2D eigenvalue weighted by molar-refractivity contribution is 5.10. The van der Waals surface area contributed by atoms with E-state index in [-0.39, 0.29) is 5.92 Å². The molecule has 0 aliphatic heterocycles. The first-order valence-electron chi connectivity index (χ1n) is 6.11. The zero-order valence-electron chi connectivity index (χ0n) is 8.89. The zero-order chi connectivity index (χ0) is 10.4. The van der Waals surface area contributed by atoms with E-state index in [0.29, 0.717) is 17.8 Å². The molecule has 0 radical (unpaired) electrons. The molecule has 78 valence electrons. The van der Waals surface area contributed by atoms with Crippen molar-refractivity contribution in [2.75, 3.05) is 0 Å². The molecule has 4 aliphatic rings. The van der Waals surface area contributed by atoms with Gasteiger partial charge in [-0.15, -0.1) is 0 Å². The lowest BCUT2D eigenvalue weighted by atomic mass is 9.50. The Morgan fingerprint density at radius 2 is 1.27 bits per heavy atom. The fraction of sp³-hybridized carbons (Fsp3) is 0.846. The summed E-state index contributed by atoms with van der Waals surface area (Å²) in [5.74, 6) is 3.34. The molecule has 2 heteroatoms. The molecule has 4 rings (SSSR count). The van der Waals surface area contributed by atoms with Crippen LogP contribution >= 0.6 is 0 Å². The summed E-state index contributed by atoms with van der Waals surface area (Å²) in [5.41, 5.74) is 0. The number of hydrogen-bond acceptors (Lipinski definition) is 2. The Bertz CT molecular complexity index is 305. The standard InChI is InChI=1S/C13H16N2/c14-6-12(7-15)13-10-2-8-1-9(4-10)5-11(13)3-8/h8-13H,1-5H2. The topological polar surface area (TPSA) is 47.6 Å². The molecule has 0 aromatic heterocycles. The van der Waals surface area contributed by atoms with Gasteiger partial charge in [0.2, 0.25) is 0 Å². The minimum atomic E-state index is -0.333. The van der Waals surface area contributed by atoms with Crippen LogP contribution in [0.15, 0.2) is 0 Å². The Balaban J connectivity index is 1.87. The highest BCUT2D eigenvalue weighted by Crippen LogP contribution is 2.58. The van der Waals surface area contributed by atoms with Gasteiger partial charge in [0.05, 0.1) is 12.1 Å². The van der Waals surface area contributed by atoms with Crippen LogP contribution in [0.25, 0.3) is 0 Å². The predicted octanol–water partition coefficient (Wildman–Crippen LogP) is 2.72. The van der Waals surface area contributed by atoms with Gasteiger partial charge in [0, 0.05) is 0 Å². The van der Waals surface area contributed by atoms with Crippen LogP contribution in [0.5, 0.6) is 0 Å². The molecule has 0 aromatic carbocycles. The Labute approximate surface area is 90.9 Å². The van der Waals surface area contributed by atoms with E-state index in [1.165, 1.54) is 32.1 Å². The molecular weight excluding hydrogens is 184 g/mol. The van der Waals surface area contributed by atoms with Crippen LogP contribution in [0.4, 0.5) is 0 Å². The van der Waals surface area contributed by atoms with E-state index in [9.17, 15) is 0 Å². The van der Waals surface area contributed by atoms with Gasteiger partial charge in [-0.3, -0.25) is 0 Å². The Morgan fingerprint density at radius 3 is 1.67 bits per heavy atom. The summed E-state index contributed by atoms with van der Waals surface area (Å²) < 4.78 is 0. The average Bonchev–Trinajstić information content (AvgIpc) is 2.22. The molecule has 4 saturated carbocycles. The zero-order valence-corrected chi connectivity index (χ0v) is 8.89. The van der Waals surface area contributed by atoms with Crippen LogP contribution in [0.1, 0.15) is 32.1 Å². The number of hydrogen-bond donors (Lipinski definition) is 0. The van der Waals surface area contributed by atoms with Crippen molar-refractivity contribution in [3.8, 4) is 12.1 Å². The van der Waals surface area contributed by atoms with Crippen molar-refractivity contribution in [3.63, 3.8) is 0 Å². The molecule has 4 fully saturated rings. The van der Waals surface area contributed by atoms with Gasteiger partial charge in [-0.1, -0.05) is 0 Å². The van der Waals surface area contributed by atoms with Gasteiger partial charge in [-0.05, 0) is 61.7 Å². The smallest absolute Gasteiger partial charge is 0.136 e. The van der Waals surface area contributed by atoms with Crippen molar-refractivity contribution in [1.82, 2.24) is 0 Å². The summed E-state index contributed by atoms with van der Waals surface area (Å²) in [7, 11) is 0. The van der Waals surface area contributed by atoms with E-state index in [4.69, 9.17) is 10.5 Å². The maximum Gasteiger partial charge on any atom is 0.136 e. The first-order chi connectivity index (χ1) is 7.31. The van der Waals surface area contributed by atoms with Crippen molar-refractivity contribution in [2.45, 2.75) is 32.1 Å². The lowest BCUT2D eigenvalue weighted by Crippen LogP contribution is -2.47. The van der Waals surface area contributed by atoms with Crippen molar-refractivity contribution < 1.29 is 0 Å². The largest absolute Gasteiger partial charge is 0.197 e.